The van der Waals surface area contributed by atoms with Gasteiger partial charge in [-0.1, -0.05) is 0 Å². The number of rotatable bonds is 5. The first-order valence-corrected chi connectivity index (χ1v) is 4.87. The van der Waals surface area contributed by atoms with Gasteiger partial charge in [-0.15, -0.1) is 0 Å². The van der Waals surface area contributed by atoms with Crippen molar-refractivity contribution in [2.45, 2.75) is 31.7 Å². The second kappa shape index (κ2) is 5.36. The standard InChI is InChI=1S/C10H14F3NO2/c1-7(14)9(8-3-2-5-15-8)16-6-4-10(11,12)13/h2-3,5,7,9H,4,6,14H2,1H3. The Balaban J connectivity index is 2.48. The van der Waals surface area contributed by atoms with Gasteiger partial charge >= 0.3 is 6.18 Å². The summed E-state index contributed by atoms with van der Waals surface area (Å²) in [5.41, 5.74) is 5.61. The van der Waals surface area contributed by atoms with E-state index in [2.05, 4.69) is 0 Å². The van der Waals surface area contributed by atoms with Gasteiger partial charge in [-0.05, 0) is 19.1 Å². The number of hydrogen-bond acceptors (Lipinski definition) is 3. The number of hydrogen-bond donors (Lipinski definition) is 1. The number of nitrogens with two attached hydrogens (primary N) is 1. The van der Waals surface area contributed by atoms with Crippen molar-refractivity contribution in [3.05, 3.63) is 24.2 Å². The van der Waals surface area contributed by atoms with Crippen molar-refractivity contribution in [2.24, 2.45) is 5.73 Å². The number of alkyl halides is 3. The molecule has 0 fully saturated rings. The fourth-order valence-electron chi connectivity index (χ4n) is 1.25. The number of ether oxygens (including phenoxy) is 1. The SMILES string of the molecule is CC(N)C(OCCC(F)(F)F)c1ccco1. The Bertz CT molecular complexity index is 296. The van der Waals surface area contributed by atoms with Gasteiger partial charge in [-0.3, -0.25) is 0 Å². The van der Waals surface area contributed by atoms with Crippen LogP contribution in [0.1, 0.15) is 25.2 Å². The molecule has 2 unspecified atom stereocenters. The molecule has 0 spiro atoms. The third-order valence-corrected chi connectivity index (χ3v) is 1.98. The second-order valence-electron chi connectivity index (χ2n) is 3.53. The predicted octanol–water partition coefficient (Wildman–Crippen LogP) is 2.64. The van der Waals surface area contributed by atoms with Crippen LogP contribution in [0.3, 0.4) is 0 Å². The summed E-state index contributed by atoms with van der Waals surface area (Å²) in [6, 6.07) is 2.83. The summed E-state index contributed by atoms with van der Waals surface area (Å²) in [6.07, 6.45) is -4.42. The van der Waals surface area contributed by atoms with Gasteiger partial charge in [-0.2, -0.15) is 13.2 Å². The van der Waals surface area contributed by atoms with Crippen LogP contribution in [0.15, 0.2) is 22.8 Å². The first kappa shape index (κ1) is 13.1. The van der Waals surface area contributed by atoms with Crippen LogP contribution >= 0.6 is 0 Å². The van der Waals surface area contributed by atoms with E-state index in [1.54, 1.807) is 19.1 Å². The Kier molecular flexibility index (Phi) is 4.37. The molecule has 3 nitrogen and oxygen atoms in total. The average Bonchev–Trinajstić information content (AvgIpc) is 2.62. The van der Waals surface area contributed by atoms with Gasteiger partial charge in [-0.25, -0.2) is 0 Å². The van der Waals surface area contributed by atoms with Gasteiger partial charge in [0.25, 0.3) is 0 Å². The highest BCUT2D eigenvalue weighted by atomic mass is 19.4. The van der Waals surface area contributed by atoms with Gasteiger partial charge in [0.2, 0.25) is 0 Å². The van der Waals surface area contributed by atoms with Crippen molar-refractivity contribution in [3.8, 4) is 0 Å². The molecule has 0 aliphatic heterocycles. The smallest absolute Gasteiger partial charge is 0.391 e. The Labute approximate surface area is 91.4 Å². The molecule has 1 rings (SSSR count). The monoisotopic (exact) mass is 237 g/mol. The second-order valence-corrected chi connectivity index (χ2v) is 3.53. The summed E-state index contributed by atoms with van der Waals surface area (Å²) >= 11 is 0. The van der Waals surface area contributed by atoms with Crippen molar-refractivity contribution in [1.29, 1.82) is 0 Å². The molecule has 1 aromatic rings. The molecule has 0 aromatic carbocycles. The molecule has 0 radical (unpaired) electrons. The highest BCUT2D eigenvalue weighted by molar-refractivity contribution is 5.04. The first-order chi connectivity index (χ1) is 7.40. The fraction of sp³-hybridized carbons (Fsp3) is 0.600. The van der Waals surface area contributed by atoms with E-state index in [0.717, 1.165) is 0 Å². The normalized spacial score (nSPS) is 16.1. The van der Waals surface area contributed by atoms with Crippen LogP contribution in [-0.2, 0) is 4.74 Å². The van der Waals surface area contributed by atoms with Crippen LogP contribution in [0.25, 0.3) is 0 Å². The third kappa shape index (κ3) is 4.24. The van der Waals surface area contributed by atoms with Crippen molar-refractivity contribution >= 4 is 0 Å². The fourth-order valence-corrected chi connectivity index (χ4v) is 1.25. The molecule has 1 aromatic heterocycles. The van der Waals surface area contributed by atoms with E-state index in [1.165, 1.54) is 6.26 Å². The summed E-state index contributed by atoms with van der Waals surface area (Å²) in [6.45, 7) is 1.23. The molecule has 2 atom stereocenters. The molecule has 6 heteroatoms. The molecule has 2 N–H and O–H groups in total. The lowest BCUT2D eigenvalue weighted by molar-refractivity contribution is -0.150. The minimum atomic E-state index is -4.22. The van der Waals surface area contributed by atoms with Crippen LogP contribution in [0.2, 0.25) is 0 Å². The molecule has 92 valence electrons. The molecular formula is C10H14F3NO2. The maximum Gasteiger partial charge on any atom is 0.391 e. The Morgan fingerprint density at radius 3 is 2.62 bits per heavy atom. The molecule has 0 aliphatic rings. The van der Waals surface area contributed by atoms with E-state index in [0.29, 0.717) is 5.76 Å². The van der Waals surface area contributed by atoms with Gasteiger partial charge in [0.15, 0.2) is 0 Å². The summed E-state index contributed by atoms with van der Waals surface area (Å²) in [5, 5.41) is 0. The molecular weight excluding hydrogens is 223 g/mol. The maximum atomic E-state index is 11.9. The van der Waals surface area contributed by atoms with Crippen molar-refractivity contribution in [2.75, 3.05) is 6.61 Å². The van der Waals surface area contributed by atoms with Crippen molar-refractivity contribution in [3.63, 3.8) is 0 Å². The molecule has 0 saturated carbocycles. The topological polar surface area (TPSA) is 48.4 Å². The average molecular weight is 237 g/mol. The molecule has 0 saturated heterocycles. The first-order valence-electron chi connectivity index (χ1n) is 4.87. The summed E-state index contributed by atoms with van der Waals surface area (Å²) < 4.78 is 45.9. The van der Waals surface area contributed by atoms with E-state index in [-0.39, 0.29) is 0 Å². The largest absolute Gasteiger partial charge is 0.467 e. The molecule has 16 heavy (non-hydrogen) atoms. The number of furan rings is 1. The van der Waals surface area contributed by atoms with Crippen molar-refractivity contribution < 1.29 is 22.3 Å². The zero-order chi connectivity index (χ0) is 12.2. The van der Waals surface area contributed by atoms with E-state index >= 15 is 0 Å². The lowest BCUT2D eigenvalue weighted by Crippen LogP contribution is -2.27. The summed E-state index contributed by atoms with van der Waals surface area (Å²) in [4.78, 5) is 0. The third-order valence-electron chi connectivity index (χ3n) is 1.98. The van der Waals surface area contributed by atoms with Gasteiger partial charge in [0.1, 0.15) is 11.9 Å². The Morgan fingerprint density at radius 1 is 1.50 bits per heavy atom. The van der Waals surface area contributed by atoms with Crippen LogP contribution in [-0.4, -0.2) is 18.8 Å². The zero-order valence-corrected chi connectivity index (χ0v) is 8.83. The van der Waals surface area contributed by atoms with Crippen LogP contribution < -0.4 is 5.73 Å². The molecule has 0 aliphatic carbocycles. The maximum absolute atomic E-state index is 11.9. The van der Waals surface area contributed by atoms with Crippen molar-refractivity contribution in [1.82, 2.24) is 0 Å². The number of halogens is 3. The molecule has 0 bridgehead atoms. The Morgan fingerprint density at radius 2 is 2.19 bits per heavy atom. The summed E-state index contributed by atoms with van der Waals surface area (Å²) in [5.74, 6) is 0.442. The Hall–Kier alpha value is -1.01. The van der Waals surface area contributed by atoms with E-state index in [1.807, 2.05) is 0 Å². The molecule has 0 amide bonds. The van der Waals surface area contributed by atoms with Crippen LogP contribution in [0, 0.1) is 0 Å². The van der Waals surface area contributed by atoms with E-state index < -0.39 is 31.3 Å². The van der Waals surface area contributed by atoms with Gasteiger partial charge in [0, 0.05) is 6.04 Å². The van der Waals surface area contributed by atoms with E-state index in [9.17, 15) is 13.2 Å². The predicted molar refractivity (Wildman–Crippen MR) is 51.7 cm³/mol. The zero-order valence-electron chi connectivity index (χ0n) is 8.83. The summed E-state index contributed by atoms with van der Waals surface area (Å²) in [7, 11) is 0. The minimum absolute atomic E-state index is 0.420. The van der Waals surface area contributed by atoms with Gasteiger partial charge < -0.3 is 14.9 Å². The van der Waals surface area contributed by atoms with Crippen LogP contribution in [0.4, 0.5) is 13.2 Å². The molecule has 1 heterocycles. The highest BCUT2D eigenvalue weighted by Gasteiger charge is 2.28. The quantitative estimate of drug-likeness (QED) is 0.856. The lowest BCUT2D eigenvalue weighted by atomic mass is 10.1. The van der Waals surface area contributed by atoms with Gasteiger partial charge in [0.05, 0.1) is 19.3 Å². The lowest BCUT2D eigenvalue weighted by Gasteiger charge is -2.19. The minimum Gasteiger partial charge on any atom is -0.467 e. The van der Waals surface area contributed by atoms with E-state index in [4.69, 9.17) is 14.9 Å². The van der Waals surface area contributed by atoms with Crippen LogP contribution in [0.5, 0.6) is 0 Å². The highest BCUT2D eigenvalue weighted by Crippen LogP contribution is 2.24.